The second-order valence-corrected chi connectivity index (χ2v) is 7.09. The molecule has 7 heteroatoms. The second kappa shape index (κ2) is 7.92. The molecule has 0 saturated heterocycles. The highest BCUT2D eigenvalue weighted by Crippen LogP contribution is 2.34. The molecule has 0 saturated carbocycles. The van der Waals surface area contributed by atoms with Crippen LogP contribution >= 0.6 is 15.9 Å². The molecular weight excluding hydrogens is 415 g/mol. The van der Waals surface area contributed by atoms with Crippen LogP contribution in [0.3, 0.4) is 0 Å². The van der Waals surface area contributed by atoms with Gasteiger partial charge in [0, 0.05) is 34.7 Å². The number of hydrogen-bond donors (Lipinski definition) is 2. The maximum Gasteiger partial charge on any atom is 0.253 e. The molecule has 0 aromatic heterocycles. The highest BCUT2D eigenvalue weighted by atomic mass is 79.9. The number of halogens is 2. The van der Waals surface area contributed by atoms with Crippen molar-refractivity contribution < 1.29 is 18.7 Å². The van der Waals surface area contributed by atoms with Gasteiger partial charge in [-0.15, -0.1) is 0 Å². The first-order valence-electron chi connectivity index (χ1n) is 8.29. The average molecular weight is 433 g/mol. The molecule has 0 unspecified atom stereocenters. The smallest absolute Gasteiger partial charge is 0.253 e. The lowest BCUT2D eigenvalue weighted by Gasteiger charge is -2.24. The topological polar surface area (TPSA) is 67.4 Å². The van der Waals surface area contributed by atoms with Gasteiger partial charge in [0.05, 0.1) is 12.8 Å². The van der Waals surface area contributed by atoms with Gasteiger partial charge in [-0.1, -0.05) is 12.1 Å². The van der Waals surface area contributed by atoms with Gasteiger partial charge in [-0.05, 0) is 52.2 Å². The number of methoxy groups -OCH3 is 1. The van der Waals surface area contributed by atoms with Crippen molar-refractivity contribution >= 4 is 33.4 Å². The standard InChI is InChI=1S/C20H18BrFN2O3/c1-11-6-16(21)17(9-18(11)27-2)24-20(26)15-10-23-19(25)8-14(15)12-4-3-5-13(22)7-12/h3-7,9-10,14H,8H2,1-2H3,(H,23,25)(H,24,26)/t14-/m1/s1. The molecule has 5 nitrogen and oxygen atoms in total. The summed E-state index contributed by atoms with van der Waals surface area (Å²) in [7, 11) is 1.56. The maximum absolute atomic E-state index is 13.6. The highest BCUT2D eigenvalue weighted by Gasteiger charge is 2.29. The monoisotopic (exact) mass is 432 g/mol. The SMILES string of the molecule is COc1cc(NC(=O)C2=CNC(=O)C[C@@H]2c2cccc(F)c2)c(Br)cc1C. The molecule has 1 atom stereocenters. The lowest BCUT2D eigenvalue weighted by molar-refractivity contribution is -0.121. The van der Waals surface area contributed by atoms with Crippen LogP contribution in [-0.2, 0) is 9.59 Å². The van der Waals surface area contributed by atoms with Crippen molar-refractivity contribution in [3.05, 3.63) is 69.6 Å². The van der Waals surface area contributed by atoms with Crippen molar-refractivity contribution in [3.63, 3.8) is 0 Å². The Hall–Kier alpha value is -2.67. The van der Waals surface area contributed by atoms with E-state index >= 15 is 0 Å². The molecule has 0 aliphatic carbocycles. The van der Waals surface area contributed by atoms with Gasteiger partial charge in [-0.2, -0.15) is 0 Å². The van der Waals surface area contributed by atoms with Crippen LogP contribution in [0, 0.1) is 12.7 Å². The fraction of sp³-hybridized carbons (Fsp3) is 0.200. The molecule has 2 aromatic rings. The van der Waals surface area contributed by atoms with Gasteiger partial charge in [0.25, 0.3) is 5.91 Å². The van der Waals surface area contributed by atoms with Crippen molar-refractivity contribution in [1.82, 2.24) is 5.32 Å². The van der Waals surface area contributed by atoms with Crippen LogP contribution in [0.5, 0.6) is 5.75 Å². The predicted octanol–water partition coefficient (Wildman–Crippen LogP) is 4.03. The van der Waals surface area contributed by atoms with E-state index in [0.29, 0.717) is 27.0 Å². The zero-order valence-corrected chi connectivity index (χ0v) is 16.4. The third kappa shape index (κ3) is 4.19. The number of hydrogen-bond acceptors (Lipinski definition) is 3. The van der Waals surface area contributed by atoms with E-state index in [0.717, 1.165) is 5.56 Å². The van der Waals surface area contributed by atoms with Gasteiger partial charge >= 0.3 is 0 Å². The molecule has 3 rings (SSSR count). The van der Waals surface area contributed by atoms with E-state index in [-0.39, 0.29) is 18.2 Å². The summed E-state index contributed by atoms with van der Waals surface area (Å²) in [6, 6.07) is 9.50. The van der Waals surface area contributed by atoms with Gasteiger partial charge < -0.3 is 15.4 Å². The van der Waals surface area contributed by atoms with E-state index in [1.54, 1.807) is 25.3 Å². The Morgan fingerprint density at radius 3 is 2.81 bits per heavy atom. The molecule has 1 aliphatic heterocycles. The van der Waals surface area contributed by atoms with E-state index in [1.165, 1.54) is 18.3 Å². The van der Waals surface area contributed by atoms with Crippen LogP contribution in [0.1, 0.15) is 23.5 Å². The van der Waals surface area contributed by atoms with Gasteiger partial charge in [-0.3, -0.25) is 9.59 Å². The summed E-state index contributed by atoms with van der Waals surface area (Å²) < 4.78 is 19.6. The Labute approximate surface area is 164 Å². The minimum atomic E-state index is -0.527. The zero-order chi connectivity index (χ0) is 19.6. The predicted molar refractivity (Wildman–Crippen MR) is 104 cm³/mol. The van der Waals surface area contributed by atoms with Crippen LogP contribution < -0.4 is 15.4 Å². The van der Waals surface area contributed by atoms with E-state index in [2.05, 4.69) is 26.6 Å². The molecule has 2 amide bonds. The summed E-state index contributed by atoms with van der Waals surface area (Å²) in [5, 5.41) is 5.40. The molecule has 0 radical (unpaired) electrons. The molecule has 0 spiro atoms. The summed E-state index contributed by atoms with van der Waals surface area (Å²) in [6.45, 7) is 1.90. The fourth-order valence-electron chi connectivity index (χ4n) is 3.02. The number of ether oxygens (including phenoxy) is 1. The summed E-state index contributed by atoms with van der Waals surface area (Å²) in [5.74, 6) is -0.902. The molecular formula is C20H18BrFN2O3. The van der Waals surface area contributed by atoms with Crippen LogP contribution in [0.15, 0.2) is 52.6 Å². The van der Waals surface area contributed by atoms with E-state index in [1.807, 2.05) is 13.0 Å². The molecule has 27 heavy (non-hydrogen) atoms. The molecule has 1 aliphatic rings. The Morgan fingerprint density at radius 1 is 1.33 bits per heavy atom. The number of carbonyl (C=O) groups excluding carboxylic acids is 2. The Bertz CT molecular complexity index is 943. The molecule has 1 heterocycles. The number of amides is 2. The van der Waals surface area contributed by atoms with Gasteiger partial charge in [0.15, 0.2) is 0 Å². The number of anilines is 1. The highest BCUT2D eigenvalue weighted by molar-refractivity contribution is 9.10. The van der Waals surface area contributed by atoms with Crippen LogP contribution in [0.4, 0.5) is 10.1 Å². The third-order valence-electron chi connectivity index (χ3n) is 4.40. The first-order valence-corrected chi connectivity index (χ1v) is 9.08. The third-order valence-corrected chi connectivity index (χ3v) is 5.06. The van der Waals surface area contributed by atoms with Crippen LogP contribution in [-0.4, -0.2) is 18.9 Å². The number of carbonyl (C=O) groups is 2. The Kier molecular flexibility index (Phi) is 5.60. The first kappa shape index (κ1) is 19.1. The van der Waals surface area contributed by atoms with Crippen LogP contribution in [0.25, 0.3) is 0 Å². The van der Waals surface area contributed by atoms with Crippen molar-refractivity contribution in [2.75, 3.05) is 12.4 Å². The minimum absolute atomic E-state index is 0.0705. The summed E-state index contributed by atoms with van der Waals surface area (Å²) in [6.07, 6.45) is 1.46. The number of benzene rings is 2. The Balaban J connectivity index is 1.91. The lowest BCUT2D eigenvalue weighted by Crippen LogP contribution is -2.32. The second-order valence-electron chi connectivity index (χ2n) is 6.23. The summed E-state index contributed by atoms with van der Waals surface area (Å²) in [5.41, 5.74) is 2.39. The van der Waals surface area contributed by atoms with Gasteiger partial charge in [-0.25, -0.2) is 4.39 Å². The van der Waals surface area contributed by atoms with E-state index in [4.69, 9.17) is 4.74 Å². The summed E-state index contributed by atoms with van der Waals surface area (Å²) >= 11 is 3.43. The lowest BCUT2D eigenvalue weighted by atomic mass is 9.86. The van der Waals surface area contributed by atoms with Gasteiger partial charge in [0.2, 0.25) is 5.91 Å². The maximum atomic E-state index is 13.6. The van der Waals surface area contributed by atoms with Crippen molar-refractivity contribution in [2.24, 2.45) is 0 Å². The molecule has 140 valence electrons. The van der Waals surface area contributed by atoms with E-state index in [9.17, 15) is 14.0 Å². The zero-order valence-electron chi connectivity index (χ0n) is 14.8. The molecule has 0 bridgehead atoms. The average Bonchev–Trinajstić information content (AvgIpc) is 2.63. The largest absolute Gasteiger partial charge is 0.496 e. The van der Waals surface area contributed by atoms with Crippen molar-refractivity contribution in [1.29, 1.82) is 0 Å². The quantitative estimate of drug-likeness (QED) is 0.765. The first-order chi connectivity index (χ1) is 12.9. The number of rotatable bonds is 4. The molecule has 2 aromatic carbocycles. The van der Waals surface area contributed by atoms with E-state index < -0.39 is 11.7 Å². The molecule has 2 N–H and O–H groups in total. The summed E-state index contributed by atoms with van der Waals surface area (Å²) in [4.78, 5) is 24.7. The minimum Gasteiger partial charge on any atom is -0.496 e. The Morgan fingerprint density at radius 2 is 2.11 bits per heavy atom. The number of aryl methyl sites for hydroxylation is 1. The fourth-order valence-corrected chi connectivity index (χ4v) is 3.58. The van der Waals surface area contributed by atoms with Gasteiger partial charge in [0.1, 0.15) is 11.6 Å². The van der Waals surface area contributed by atoms with Crippen LogP contribution in [0.2, 0.25) is 0 Å². The molecule has 0 fully saturated rings. The normalized spacial score (nSPS) is 16.4. The number of nitrogens with one attached hydrogen (secondary N) is 2. The van der Waals surface area contributed by atoms with Crippen molar-refractivity contribution in [2.45, 2.75) is 19.3 Å². The van der Waals surface area contributed by atoms with Crippen molar-refractivity contribution in [3.8, 4) is 5.75 Å².